The molecular formula is C14H20ClNO2. The van der Waals surface area contributed by atoms with Gasteiger partial charge in [0.2, 0.25) is 0 Å². The molecule has 100 valence electrons. The van der Waals surface area contributed by atoms with E-state index in [0.29, 0.717) is 17.1 Å². The molecule has 0 aromatic heterocycles. The number of aliphatic hydroxyl groups excluding tert-OH is 1. The minimum atomic E-state index is -0.545. The van der Waals surface area contributed by atoms with E-state index >= 15 is 0 Å². The van der Waals surface area contributed by atoms with Crippen molar-refractivity contribution < 1.29 is 9.90 Å². The molecule has 1 aromatic rings. The molecule has 0 saturated heterocycles. The Bertz CT molecular complexity index is 410. The molecule has 1 N–H and O–H groups in total. The third-order valence-corrected chi connectivity index (χ3v) is 2.85. The van der Waals surface area contributed by atoms with Crippen LogP contribution in [0.2, 0.25) is 5.02 Å². The van der Waals surface area contributed by atoms with Crippen LogP contribution in [-0.4, -0.2) is 34.6 Å². The fraction of sp³-hybridized carbons (Fsp3) is 0.500. The molecule has 0 aliphatic carbocycles. The number of carbonyl (C=O) groups excluding carboxylic acids is 1. The Labute approximate surface area is 113 Å². The van der Waals surface area contributed by atoms with E-state index in [0.717, 1.165) is 5.56 Å². The van der Waals surface area contributed by atoms with Crippen molar-refractivity contribution in [1.82, 2.24) is 4.90 Å². The Balaban J connectivity index is 3.01. The Morgan fingerprint density at radius 2 is 1.94 bits per heavy atom. The van der Waals surface area contributed by atoms with Gasteiger partial charge in [0.15, 0.2) is 0 Å². The van der Waals surface area contributed by atoms with E-state index in [1.54, 1.807) is 17.9 Å². The summed E-state index contributed by atoms with van der Waals surface area (Å²) in [5.74, 6) is -0.100. The highest BCUT2D eigenvalue weighted by atomic mass is 35.5. The lowest BCUT2D eigenvalue weighted by molar-refractivity contribution is 0.0578. The van der Waals surface area contributed by atoms with Crippen LogP contribution in [-0.2, 0) is 0 Å². The van der Waals surface area contributed by atoms with Crippen molar-refractivity contribution >= 4 is 17.5 Å². The van der Waals surface area contributed by atoms with Crippen molar-refractivity contribution in [2.24, 2.45) is 0 Å². The molecule has 1 amide bonds. The molecule has 0 spiro atoms. The van der Waals surface area contributed by atoms with Crippen molar-refractivity contribution in [2.45, 2.75) is 39.8 Å². The van der Waals surface area contributed by atoms with Crippen molar-refractivity contribution in [1.29, 1.82) is 0 Å². The van der Waals surface area contributed by atoms with E-state index in [4.69, 9.17) is 11.6 Å². The van der Waals surface area contributed by atoms with Gasteiger partial charge in [-0.3, -0.25) is 4.79 Å². The van der Waals surface area contributed by atoms with E-state index in [9.17, 15) is 9.90 Å². The first kappa shape index (κ1) is 15.0. The number of aryl methyl sites for hydroxylation is 1. The number of halogens is 1. The fourth-order valence-electron chi connectivity index (χ4n) is 1.84. The van der Waals surface area contributed by atoms with Crippen LogP contribution in [0, 0.1) is 6.92 Å². The Kier molecular flexibility index (Phi) is 5.17. The van der Waals surface area contributed by atoms with Gasteiger partial charge in [-0.15, -0.1) is 0 Å². The first-order chi connectivity index (χ1) is 8.31. The van der Waals surface area contributed by atoms with Crippen LogP contribution >= 0.6 is 11.6 Å². The van der Waals surface area contributed by atoms with Gasteiger partial charge in [-0.25, -0.2) is 0 Å². The second kappa shape index (κ2) is 6.21. The second-order valence-electron chi connectivity index (χ2n) is 4.92. The van der Waals surface area contributed by atoms with Crippen molar-refractivity contribution in [3.05, 3.63) is 34.3 Å². The summed E-state index contributed by atoms with van der Waals surface area (Å²) in [5.41, 5.74) is 1.51. The predicted octanol–water partition coefficient (Wildman–Crippen LogP) is 2.88. The third kappa shape index (κ3) is 4.00. The zero-order valence-corrected chi connectivity index (χ0v) is 12.0. The van der Waals surface area contributed by atoms with Crippen LogP contribution in [0.25, 0.3) is 0 Å². The molecular weight excluding hydrogens is 250 g/mol. The Morgan fingerprint density at radius 3 is 2.39 bits per heavy atom. The van der Waals surface area contributed by atoms with Crippen LogP contribution in [0.4, 0.5) is 0 Å². The summed E-state index contributed by atoms with van der Waals surface area (Å²) >= 11 is 5.96. The molecule has 0 fully saturated rings. The van der Waals surface area contributed by atoms with E-state index < -0.39 is 6.10 Å². The SMILES string of the molecule is Cc1cc(Cl)cc(C(=O)N(C[C@H](C)O)C(C)C)c1. The molecule has 1 aromatic carbocycles. The summed E-state index contributed by atoms with van der Waals surface area (Å²) in [5, 5.41) is 10.0. The maximum Gasteiger partial charge on any atom is 0.254 e. The van der Waals surface area contributed by atoms with Crippen molar-refractivity contribution in [2.75, 3.05) is 6.54 Å². The van der Waals surface area contributed by atoms with E-state index in [1.807, 2.05) is 32.9 Å². The quantitative estimate of drug-likeness (QED) is 0.913. The predicted molar refractivity (Wildman–Crippen MR) is 74.0 cm³/mol. The minimum absolute atomic E-state index is 0.0337. The van der Waals surface area contributed by atoms with Gasteiger partial charge in [0.25, 0.3) is 5.91 Å². The van der Waals surface area contributed by atoms with Gasteiger partial charge in [0, 0.05) is 23.2 Å². The summed E-state index contributed by atoms with van der Waals surface area (Å²) in [6.07, 6.45) is -0.545. The minimum Gasteiger partial charge on any atom is -0.392 e. The van der Waals surface area contributed by atoms with Gasteiger partial charge in [0.05, 0.1) is 6.10 Å². The van der Waals surface area contributed by atoms with E-state index in [-0.39, 0.29) is 11.9 Å². The molecule has 0 aliphatic heterocycles. The summed E-state index contributed by atoms with van der Waals surface area (Å²) in [4.78, 5) is 14.0. The topological polar surface area (TPSA) is 40.5 Å². The number of benzene rings is 1. The van der Waals surface area contributed by atoms with Gasteiger partial charge >= 0.3 is 0 Å². The number of hydrogen-bond donors (Lipinski definition) is 1. The van der Waals surface area contributed by atoms with Gasteiger partial charge in [0.1, 0.15) is 0 Å². The second-order valence-corrected chi connectivity index (χ2v) is 5.35. The summed E-state index contributed by atoms with van der Waals surface area (Å²) in [6.45, 7) is 7.75. The summed E-state index contributed by atoms with van der Waals surface area (Å²) in [6, 6.07) is 5.32. The molecule has 18 heavy (non-hydrogen) atoms. The normalized spacial score (nSPS) is 12.6. The highest BCUT2D eigenvalue weighted by molar-refractivity contribution is 6.31. The van der Waals surface area contributed by atoms with Crippen LogP contribution in [0.3, 0.4) is 0 Å². The number of hydrogen-bond acceptors (Lipinski definition) is 2. The lowest BCUT2D eigenvalue weighted by Crippen LogP contribution is -2.41. The fourth-order valence-corrected chi connectivity index (χ4v) is 2.13. The maximum atomic E-state index is 12.4. The smallest absolute Gasteiger partial charge is 0.254 e. The Hall–Kier alpha value is -1.06. The number of rotatable bonds is 4. The first-order valence-electron chi connectivity index (χ1n) is 6.07. The van der Waals surface area contributed by atoms with Gasteiger partial charge in [-0.05, 0) is 51.5 Å². The van der Waals surface area contributed by atoms with Crippen LogP contribution < -0.4 is 0 Å². The number of nitrogens with zero attached hydrogens (tertiary/aromatic N) is 1. The van der Waals surface area contributed by atoms with Crippen LogP contribution in [0.1, 0.15) is 36.7 Å². The van der Waals surface area contributed by atoms with Crippen molar-refractivity contribution in [3.8, 4) is 0 Å². The Morgan fingerprint density at radius 1 is 1.33 bits per heavy atom. The molecule has 0 aliphatic rings. The number of amides is 1. The monoisotopic (exact) mass is 269 g/mol. The number of carbonyl (C=O) groups is 1. The highest BCUT2D eigenvalue weighted by Gasteiger charge is 2.20. The average Bonchev–Trinajstić information content (AvgIpc) is 2.23. The first-order valence-corrected chi connectivity index (χ1v) is 6.45. The van der Waals surface area contributed by atoms with Gasteiger partial charge < -0.3 is 10.0 Å². The molecule has 0 bridgehead atoms. The lowest BCUT2D eigenvalue weighted by Gasteiger charge is -2.28. The van der Waals surface area contributed by atoms with Crippen LogP contribution in [0.15, 0.2) is 18.2 Å². The van der Waals surface area contributed by atoms with Gasteiger partial charge in [-0.2, -0.15) is 0 Å². The van der Waals surface area contributed by atoms with Crippen molar-refractivity contribution in [3.63, 3.8) is 0 Å². The molecule has 1 atom stereocenters. The summed E-state index contributed by atoms with van der Waals surface area (Å²) < 4.78 is 0. The molecule has 3 nitrogen and oxygen atoms in total. The standard InChI is InChI=1S/C14H20ClNO2/c1-9(2)16(8-11(4)17)14(18)12-5-10(3)6-13(15)7-12/h5-7,9,11,17H,8H2,1-4H3/t11-/m0/s1. The molecule has 0 unspecified atom stereocenters. The molecule has 0 radical (unpaired) electrons. The molecule has 0 saturated carbocycles. The zero-order valence-electron chi connectivity index (χ0n) is 11.3. The zero-order chi connectivity index (χ0) is 13.9. The summed E-state index contributed by atoms with van der Waals surface area (Å²) in [7, 11) is 0. The third-order valence-electron chi connectivity index (χ3n) is 2.63. The van der Waals surface area contributed by atoms with Crippen LogP contribution in [0.5, 0.6) is 0 Å². The lowest BCUT2D eigenvalue weighted by atomic mass is 10.1. The van der Waals surface area contributed by atoms with E-state index in [2.05, 4.69) is 0 Å². The van der Waals surface area contributed by atoms with E-state index in [1.165, 1.54) is 0 Å². The molecule has 4 heteroatoms. The maximum absolute atomic E-state index is 12.4. The largest absolute Gasteiger partial charge is 0.392 e. The number of aliphatic hydroxyl groups is 1. The molecule has 1 rings (SSSR count). The highest BCUT2D eigenvalue weighted by Crippen LogP contribution is 2.17. The van der Waals surface area contributed by atoms with Gasteiger partial charge in [-0.1, -0.05) is 11.6 Å². The molecule has 0 heterocycles. The average molecular weight is 270 g/mol.